The van der Waals surface area contributed by atoms with Crippen LogP contribution in [0, 0.1) is 6.92 Å². The van der Waals surface area contributed by atoms with Crippen molar-refractivity contribution < 1.29 is 9.90 Å². The van der Waals surface area contributed by atoms with Crippen LogP contribution in [0.25, 0.3) is 0 Å². The van der Waals surface area contributed by atoms with Gasteiger partial charge in [0.05, 0.1) is 5.56 Å². The number of aromatic hydroxyl groups is 1. The molecule has 0 aliphatic rings. The van der Waals surface area contributed by atoms with E-state index >= 15 is 0 Å². The van der Waals surface area contributed by atoms with Crippen LogP contribution in [0.5, 0.6) is 5.75 Å². The number of phenols is 1. The predicted octanol–water partition coefficient (Wildman–Crippen LogP) is 1.33. The van der Waals surface area contributed by atoms with Gasteiger partial charge in [0.1, 0.15) is 5.75 Å². The van der Waals surface area contributed by atoms with Crippen molar-refractivity contribution >= 4 is 5.91 Å². The van der Waals surface area contributed by atoms with Crippen molar-refractivity contribution in [3.8, 4) is 5.75 Å². The van der Waals surface area contributed by atoms with Gasteiger partial charge in [0.2, 0.25) is 0 Å². The van der Waals surface area contributed by atoms with Gasteiger partial charge in [-0.2, -0.15) is 0 Å². The number of carbonyl (C=O) groups excluding carboxylic acids is 1. The van der Waals surface area contributed by atoms with Gasteiger partial charge in [-0.3, -0.25) is 4.79 Å². The van der Waals surface area contributed by atoms with Crippen molar-refractivity contribution in [2.45, 2.75) is 6.92 Å². The number of amides is 1. The molecule has 0 radical (unpaired) electrons. The molecular formula is C13H20N2O2. The highest BCUT2D eigenvalue weighted by molar-refractivity contribution is 5.97. The number of hydrogen-bond donors (Lipinski definition) is 1. The van der Waals surface area contributed by atoms with Gasteiger partial charge in [-0.15, -0.1) is 0 Å². The average molecular weight is 236 g/mol. The van der Waals surface area contributed by atoms with Gasteiger partial charge in [0.25, 0.3) is 5.91 Å². The molecule has 0 saturated carbocycles. The Morgan fingerprint density at radius 3 is 2.47 bits per heavy atom. The number of para-hydroxylation sites is 1. The minimum Gasteiger partial charge on any atom is -0.507 e. The van der Waals surface area contributed by atoms with E-state index in [4.69, 9.17) is 0 Å². The SMILES string of the molecule is Cc1cccc(C(=O)N(C)CCN(C)C)c1O. The zero-order chi connectivity index (χ0) is 13.0. The van der Waals surface area contributed by atoms with Crippen LogP contribution in [0.1, 0.15) is 15.9 Å². The number of nitrogens with zero attached hydrogens (tertiary/aromatic N) is 2. The fraction of sp³-hybridized carbons (Fsp3) is 0.462. The van der Waals surface area contributed by atoms with Gasteiger partial charge in [0, 0.05) is 20.1 Å². The van der Waals surface area contributed by atoms with Crippen molar-refractivity contribution in [1.82, 2.24) is 9.80 Å². The second-order valence-electron chi connectivity index (χ2n) is 4.50. The Kier molecular flexibility index (Phi) is 4.52. The maximum Gasteiger partial charge on any atom is 0.257 e. The molecule has 1 amide bonds. The van der Waals surface area contributed by atoms with Crippen molar-refractivity contribution in [3.05, 3.63) is 29.3 Å². The Labute approximate surface area is 102 Å². The monoisotopic (exact) mass is 236 g/mol. The predicted molar refractivity (Wildman–Crippen MR) is 68.4 cm³/mol. The third kappa shape index (κ3) is 3.46. The first-order valence-corrected chi connectivity index (χ1v) is 5.62. The van der Waals surface area contributed by atoms with Gasteiger partial charge in [-0.25, -0.2) is 0 Å². The summed E-state index contributed by atoms with van der Waals surface area (Å²) in [5, 5.41) is 9.84. The molecule has 1 aromatic carbocycles. The molecule has 0 spiro atoms. The van der Waals surface area contributed by atoms with Crippen LogP contribution < -0.4 is 0 Å². The molecule has 0 unspecified atom stereocenters. The maximum absolute atomic E-state index is 12.1. The maximum atomic E-state index is 12.1. The summed E-state index contributed by atoms with van der Waals surface area (Å²) in [6.07, 6.45) is 0. The number of carbonyl (C=O) groups is 1. The second kappa shape index (κ2) is 5.68. The number of phenolic OH excluding ortho intramolecular Hbond substituents is 1. The Bertz CT molecular complexity index is 402. The zero-order valence-corrected chi connectivity index (χ0v) is 10.9. The Morgan fingerprint density at radius 1 is 1.24 bits per heavy atom. The molecule has 17 heavy (non-hydrogen) atoms. The van der Waals surface area contributed by atoms with E-state index in [1.165, 1.54) is 0 Å². The smallest absolute Gasteiger partial charge is 0.257 e. The van der Waals surface area contributed by atoms with Crippen molar-refractivity contribution in [3.63, 3.8) is 0 Å². The quantitative estimate of drug-likeness (QED) is 0.858. The molecule has 0 aromatic heterocycles. The van der Waals surface area contributed by atoms with Gasteiger partial charge >= 0.3 is 0 Å². The van der Waals surface area contributed by atoms with Crippen molar-refractivity contribution in [1.29, 1.82) is 0 Å². The molecule has 1 rings (SSSR count). The van der Waals surface area contributed by atoms with Gasteiger partial charge in [-0.05, 0) is 32.6 Å². The molecular weight excluding hydrogens is 216 g/mol. The second-order valence-corrected chi connectivity index (χ2v) is 4.50. The molecule has 0 heterocycles. The molecule has 1 aromatic rings. The summed E-state index contributed by atoms with van der Waals surface area (Å²) in [4.78, 5) is 15.7. The molecule has 0 aliphatic carbocycles. The summed E-state index contributed by atoms with van der Waals surface area (Å²) < 4.78 is 0. The lowest BCUT2D eigenvalue weighted by molar-refractivity contribution is 0.0783. The summed E-state index contributed by atoms with van der Waals surface area (Å²) in [5.74, 6) is -0.0674. The Balaban J connectivity index is 2.78. The van der Waals surface area contributed by atoms with E-state index in [-0.39, 0.29) is 11.7 Å². The average Bonchev–Trinajstić information content (AvgIpc) is 2.28. The standard InChI is InChI=1S/C13H20N2O2/c1-10-6-5-7-11(12(10)16)13(17)15(4)9-8-14(2)3/h5-7,16H,8-9H2,1-4H3. The van der Waals surface area contributed by atoms with E-state index in [0.29, 0.717) is 12.1 Å². The normalized spacial score (nSPS) is 10.6. The van der Waals surface area contributed by atoms with Gasteiger partial charge in [-0.1, -0.05) is 12.1 Å². The molecule has 4 heteroatoms. The minimum absolute atomic E-state index is 0.0780. The highest BCUT2D eigenvalue weighted by Crippen LogP contribution is 2.22. The highest BCUT2D eigenvalue weighted by atomic mass is 16.3. The molecule has 0 atom stereocenters. The van der Waals surface area contributed by atoms with Crippen molar-refractivity contribution in [2.75, 3.05) is 34.2 Å². The van der Waals surface area contributed by atoms with Crippen LogP contribution in [0.3, 0.4) is 0 Å². The van der Waals surface area contributed by atoms with E-state index < -0.39 is 0 Å². The number of rotatable bonds is 4. The molecule has 0 fully saturated rings. The zero-order valence-electron chi connectivity index (χ0n) is 10.9. The third-order valence-corrected chi connectivity index (χ3v) is 2.70. The van der Waals surface area contributed by atoms with E-state index in [9.17, 15) is 9.90 Å². The molecule has 4 nitrogen and oxygen atoms in total. The van der Waals surface area contributed by atoms with Crippen LogP contribution in [0.15, 0.2) is 18.2 Å². The van der Waals surface area contributed by atoms with Gasteiger partial charge < -0.3 is 14.9 Å². The first-order valence-electron chi connectivity index (χ1n) is 5.62. The van der Waals surface area contributed by atoms with Crippen LogP contribution in [0.2, 0.25) is 0 Å². The number of benzene rings is 1. The topological polar surface area (TPSA) is 43.8 Å². The number of hydrogen-bond acceptors (Lipinski definition) is 3. The minimum atomic E-state index is -0.145. The Morgan fingerprint density at radius 2 is 1.88 bits per heavy atom. The lowest BCUT2D eigenvalue weighted by Crippen LogP contribution is -2.33. The summed E-state index contributed by atoms with van der Waals surface area (Å²) >= 11 is 0. The highest BCUT2D eigenvalue weighted by Gasteiger charge is 2.16. The van der Waals surface area contributed by atoms with Crippen molar-refractivity contribution in [2.24, 2.45) is 0 Å². The molecule has 0 saturated heterocycles. The fourth-order valence-electron chi connectivity index (χ4n) is 1.49. The summed E-state index contributed by atoms with van der Waals surface area (Å²) in [6, 6.07) is 5.21. The summed E-state index contributed by atoms with van der Waals surface area (Å²) in [6.45, 7) is 3.22. The molecule has 94 valence electrons. The molecule has 1 N–H and O–H groups in total. The van der Waals surface area contributed by atoms with E-state index in [2.05, 4.69) is 0 Å². The Hall–Kier alpha value is -1.55. The first kappa shape index (κ1) is 13.5. The fourth-order valence-corrected chi connectivity index (χ4v) is 1.49. The van der Waals surface area contributed by atoms with Crippen LogP contribution in [-0.2, 0) is 0 Å². The summed E-state index contributed by atoms with van der Waals surface area (Å²) in [5.41, 5.74) is 1.09. The largest absolute Gasteiger partial charge is 0.507 e. The van der Waals surface area contributed by atoms with E-state index in [1.54, 1.807) is 37.1 Å². The molecule has 0 aliphatic heterocycles. The first-order chi connectivity index (χ1) is 7.93. The van der Waals surface area contributed by atoms with Gasteiger partial charge in [0.15, 0.2) is 0 Å². The third-order valence-electron chi connectivity index (χ3n) is 2.70. The summed E-state index contributed by atoms with van der Waals surface area (Å²) in [7, 11) is 5.67. The van der Waals surface area contributed by atoms with Crippen LogP contribution in [-0.4, -0.2) is 55.0 Å². The molecule has 0 bridgehead atoms. The van der Waals surface area contributed by atoms with E-state index in [1.807, 2.05) is 19.0 Å². The van der Waals surface area contributed by atoms with Crippen LogP contribution >= 0.6 is 0 Å². The van der Waals surface area contributed by atoms with E-state index in [0.717, 1.165) is 12.1 Å². The lowest BCUT2D eigenvalue weighted by atomic mass is 10.1. The number of aryl methyl sites for hydroxylation is 1. The van der Waals surface area contributed by atoms with Crippen LogP contribution in [0.4, 0.5) is 0 Å². The number of likely N-dealkylation sites (N-methyl/N-ethyl adjacent to an activating group) is 2. The lowest BCUT2D eigenvalue weighted by Gasteiger charge is -2.20.